The molecule has 25 heavy (non-hydrogen) atoms. The Morgan fingerprint density at radius 1 is 1.28 bits per heavy atom. The number of aryl methyl sites for hydroxylation is 2. The van der Waals surface area contributed by atoms with Crippen LogP contribution >= 0.6 is 0 Å². The number of rotatable bonds is 6. The van der Waals surface area contributed by atoms with Crippen molar-refractivity contribution < 1.29 is 13.9 Å². The van der Waals surface area contributed by atoms with Crippen molar-refractivity contribution in [3.8, 4) is 17.3 Å². The third-order valence-corrected chi connectivity index (χ3v) is 3.60. The largest absolute Gasteiger partial charge is 0.494 e. The lowest BCUT2D eigenvalue weighted by Crippen LogP contribution is -2.14. The lowest BCUT2D eigenvalue weighted by molar-refractivity contribution is -0.115. The minimum absolute atomic E-state index is 0.0502. The summed E-state index contributed by atoms with van der Waals surface area (Å²) in [5, 5.41) is 14.6. The van der Waals surface area contributed by atoms with Gasteiger partial charge in [0.25, 0.3) is 5.89 Å². The molecule has 0 atom stereocenters. The van der Waals surface area contributed by atoms with Crippen LogP contribution in [0.1, 0.15) is 18.2 Å². The van der Waals surface area contributed by atoms with Crippen molar-refractivity contribution in [3.05, 3.63) is 41.6 Å². The van der Waals surface area contributed by atoms with Crippen molar-refractivity contribution in [2.75, 3.05) is 11.9 Å². The van der Waals surface area contributed by atoms with Crippen LogP contribution in [0, 0.1) is 6.92 Å². The monoisotopic (exact) mass is 341 g/mol. The van der Waals surface area contributed by atoms with Crippen molar-refractivity contribution in [2.45, 2.75) is 20.3 Å². The highest BCUT2D eigenvalue weighted by Crippen LogP contribution is 2.19. The maximum Gasteiger partial charge on any atom is 0.322 e. The maximum atomic E-state index is 12.1. The summed E-state index contributed by atoms with van der Waals surface area (Å²) in [6.07, 6.45) is 0.201. The Hall–Kier alpha value is -3.16. The van der Waals surface area contributed by atoms with Crippen molar-refractivity contribution in [1.82, 2.24) is 20.0 Å². The summed E-state index contributed by atoms with van der Waals surface area (Å²) in [6.45, 7) is 4.45. The molecule has 0 aliphatic rings. The second kappa shape index (κ2) is 7.16. The van der Waals surface area contributed by atoms with Crippen LogP contribution < -0.4 is 10.1 Å². The molecule has 0 fully saturated rings. The van der Waals surface area contributed by atoms with Crippen LogP contribution in [0.15, 0.2) is 34.7 Å². The molecule has 8 nitrogen and oxygen atoms in total. The van der Waals surface area contributed by atoms with Crippen molar-refractivity contribution >= 4 is 11.9 Å². The number of hydrogen-bond donors (Lipinski definition) is 1. The van der Waals surface area contributed by atoms with Gasteiger partial charge in [0, 0.05) is 12.7 Å². The molecule has 0 aliphatic heterocycles. The van der Waals surface area contributed by atoms with Gasteiger partial charge in [-0.15, -0.1) is 5.10 Å². The number of carbonyl (C=O) groups excluding carboxylic acids is 1. The van der Waals surface area contributed by atoms with Crippen molar-refractivity contribution in [3.63, 3.8) is 0 Å². The van der Waals surface area contributed by atoms with Crippen LogP contribution in [0.2, 0.25) is 0 Å². The molecule has 0 spiro atoms. The molecule has 0 saturated heterocycles. The standard InChI is InChI=1S/C17H19N5O3/c1-4-24-13-7-5-12(6-8-13)10-15(23)18-17-20-19-16(25-17)14-9-11(2)22(3)21-14/h5-9H,4,10H2,1-3H3,(H,18,20,23). The number of benzene rings is 1. The van der Waals surface area contributed by atoms with Gasteiger partial charge in [0.05, 0.1) is 13.0 Å². The van der Waals surface area contributed by atoms with Crippen LogP contribution in [0.4, 0.5) is 6.01 Å². The van der Waals surface area contributed by atoms with E-state index in [1.54, 1.807) is 4.68 Å². The second-order valence-electron chi connectivity index (χ2n) is 5.51. The number of nitrogens with zero attached hydrogens (tertiary/aromatic N) is 4. The molecule has 0 saturated carbocycles. The molecule has 0 unspecified atom stereocenters. The molecule has 0 bridgehead atoms. The lowest BCUT2D eigenvalue weighted by Gasteiger charge is -2.04. The van der Waals surface area contributed by atoms with Gasteiger partial charge in [-0.1, -0.05) is 17.2 Å². The quantitative estimate of drug-likeness (QED) is 0.739. The zero-order valence-corrected chi connectivity index (χ0v) is 14.3. The van der Waals surface area contributed by atoms with Crippen LogP contribution in [-0.4, -0.2) is 32.5 Å². The number of nitrogens with one attached hydrogen (secondary N) is 1. The van der Waals surface area contributed by atoms with Gasteiger partial charge >= 0.3 is 6.01 Å². The molecule has 0 aliphatic carbocycles. The number of amides is 1. The second-order valence-corrected chi connectivity index (χ2v) is 5.51. The zero-order valence-electron chi connectivity index (χ0n) is 14.3. The first-order chi connectivity index (χ1) is 12.0. The Kier molecular flexibility index (Phi) is 4.78. The molecule has 1 amide bonds. The summed E-state index contributed by atoms with van der Waals surface area (Å²) in [5.41, 5.74) is 2.40. The first kappa shape index (κ1) is 16.7. The van der Waals surface area contributed by atoms with E-state index in [-0.39, 0.29) is 24.2 Å². The topological polar surface area (TPSA) is 95.1 Å². The van der Waals surface area contributed by atoms with Crippen LogP contribution in [0.3, 0.4) is 0 Å². The van der Waals surface area contributed by atoms with E-state index < -0.39 is 0 Å². The summed E-state index contributed by atoms with van der Waals surface area (Å²) in [4.78, 5) is 12.1. The minimum Gasteiger partial charge on any atom is -0.494 e. The van der Waals surface area contributed by atoms with Crippen LogP contribution in [0.25, 0.3) is 11.6 Å². The fraction of sp³-hybridized carbons (Fsp3) is 0.294. The van der Waals surface area contributed by atoms with E-state index in [1.807, 2.05) is 51.2 Å². The van der Waals surface area contributed by atoms with Gasteiger partial charge in [-0.05, 0) is 37.6 Å². The van der Waals surface area contributed by atoms with E-state index >= 15 is 0 Å². The summed E-state index contributed by atoms with van der Waals surface area (Å²) < 4.78 is 12.5. The predicted octanol–water partition coefficient (Wildman–Crippen LogP) is 2.36. The minimum atomic E-state index is -0.239. The molecular weight excluding hydrogens is 322 g/mol. The molecule has 130 valence electrons. The van der Waals surface area contributed by atoms with E-state index in [0.29, 0.717) is 12.3 Å². The molecule has 8 heteroatoms. The van der Waals surface area contributed by atoms with E-state index in [0.717, 1.165) is 17.0 Å². The van der Waals surface area contributed by atoms with Gasteiger partial charge in [-0.25, -0.2) is 0 Å². The summed E-state index contributed by atoms with van der Waals surface area (Å²) >= 11 is 0. The highest BCUT2D eigenvalue weighted by atomic mass is 16.5. The number of carbonyl (C=O) groups is 1. The third kappa shape index (κ3) is 4.03. The van der Waals surface area contributed by atoms with Gasteiger partial charge in [0.2, 0.25) is 5.91 Å². The van der Waals surface area contributed by atoms with Crippen LogP contribution in [-0.2, 0) is 18.3 Å². The Morgan fingerprint density at radius 2 is 2.04 bits per heavy atom. The van der Waals surface area contributed by atoms with Crippen molar-refractivity contribution in [2.24, 2.45) is 7.05 Å². The smallest absolute Gasteiger partial charge is 0.322 e. The zero-order chi connectivity index (χ0) is 17.8. The predicted molar refractivity (Wildman–Crippen MR) is 91.2 cm³/mol. The Balaban J connectivity index is 1.61. The molecule has 2 heterocycles. The van der Waals surface area contributed by atoms with Gasteiger partial charge in [-0.2, -0.15) is 5.10 Å². The maximum absolute atomic E-state index is 12.1. The van der Waals surface area contributed by atoms with Gasteiger partial charge in [-0.3, -0.25) is 14.8 Å². The summed E-state index contributed by atoms with van der Waals surface area (Å²) in [5.74, 6) is 0.801. The highest BCUT2D eigenvalue weighted by Gasteiger charge is 2.14. The number of aromatic nitrogens is 4. The summed E-state index contributed by atoms with van der Waals surface area (Å²) in [7, 11) is 1.83. The molecule has 3 rings (SSSR count). The highest BCUT2D eigenvalue weighted by molar-refractivity contribution is 5.90. The molecule has 3 aromatic rings. The summed E-state index contributed by atoms with van der Waals surface area (Å²) in [6, 6.07) is 9.25. The van der Waals surface area contributed by atoms with Crippen LogP contribution in [0.5, 0.6) is 5.75 Å². The lowest BCUT2D eigenvalue weighted by atomic mass is 10.1. The van der Waals surface area contributed by atoms with E-state index in [9.17, 15) is 4.79 Å². The van der Waals surface area contributed by atoms with Gasteiger partial charge in [0.15, 0.2) is 0 Å². The normalized spacial score (nSPS) is 10.7. The molecule has 1 aromatic carbocycles. The molecule has 0 radical (unpaired) electrons. The van der Waals surface area contributed by atoms with E-state index in [2.05, 4.69) is 20.6 Å². The third-order valence-electron chi connectivity index (χ3n) is 3.60. The first-order valence-corrected chi connectivity index (χ1v) is 7.91. The molecule has 2 aromatic heterocycles. The van der Waals surface area contributed by atoms with E-state index in [1.165, 1.54) is 0 Å². The van der Waals surface area contributed by atoms with Gasteiger partial charge < -0.3 is 9.15 Å². The fourth-order valence-electron chi connectivity index (χ4n) is 2.26. The fourth-order valence-corrected chi connectivity index (χ4v) is 2.26. The first-order valence-electron chi connectivity index (χ1n) is 7.91. The Morgan fingerprint density at radius 3 is 2.68 bits per heavy atom. The average molecular weight is 341 g/mol. The number of ether oxygens (including phenoxy) is 1. The number of hydrogen-bond acceptors (Lipinski definition) is 6. The van der Waals surface area contributed by atoms with Crippen molar-refractivity contribution in [1.29, 1.82) is 0 Å². The molecular formula is C17H19N5O3. The SMILES string of the molecule is CCOc1ccc(CC(=O)Nc2nnc(-c3cc(C)n(C)n3)o2)cc1. The molecule has 1 N–H and O–H groups in total. The Bertz CT molecular complexity index is 847. The number of anilines is 1. The van der Waals surface area contributed by atoms with E-state index in [4.69, 9.17) is 9.15 Å². The van der Waals surface area contributed by atoms with Gasteiger partial charge in [0.1, 0.15) is 11.4 Å². The Labute approximate surface area is 144 Å². The average Bonchev–Trinajstić information content (AvgIpc) is 3.17.